The molecule has 13 heavy (non-hydrogen) atoms. The summed E-state index contributed by atoms with van der Waals surface area (Å²) in [5, 5.41) is 0. The summed E-state index contributed by atoms with van der Waals surface area (Å²) in [6.45, 7) is 6.78. The van der Waals surface area contributed by atoms with Gasteiger partial charge in [0.25, 0.3) is 0 Å². The van der Waals surface area contributed by atoms with Crippen LogP contribution in [0.3, 0.4) is 0 Å². The van der Waals surface area contributed by atoms with Crippen molar-refractivity contribution in [3.05, 3.63) is 0 Å². The van der Waals surface area contributed by atoms with Gasteiger partial charge in [-0.05, 0) is 19.3 Å². The summed E-state index contributed by atoms with van der Waals surface area (Å²) in [6, 6.07) is 0. The van der Waals surface area contributed by atoms with E-state index in [0.29, 0.717) is 12.2 Å². The molecule has 0 aliphatic carbocycles. The molecule has 0 aromatic carbocycles. The van der Waals surface area contributed by atoms with E-state index in [1.54, 1.807) is 0 Å². The Morgan fingerprint density at radius 3 is 1.62 bits per heavy atom. The fraction of sp³-hybridized carbons (Fsp3) is 1.00. The predicted molar refractivity (Wildman–Crippen MR) is 56.9 cm³/mol. The summed E-state index contributed by atoms with van der Waals surface area (Å²) >= 11 is 0. The van der Waals surface area contributed by atoms with Gasteiger partial charge in [-0.3, -0.25) is 0 Å². The Bertz CT molecular complexity index is 121. The highest BCUT2D eigenvalue weighted by atomic mass is 16.5. The zero-order chi connectivity index (χ0) is 9.68. The van der Waals surface area contributed by atoms with Crippen LogP contribution in [0, 0.1) is 5.92 Å². The number of rotatable bonds is 6. The van der Waals surface area contributed by atoms with Gasteiger partial charge in [0.15, 0.2) is 0 Å². The van der Waals surface area contributed by atoms with Crippen LogP contribution in [0.5, 0.6) is 0 Å². The third-order valence-corrected chi connectivity index (χ3v) is 3.07. The van der Waals surface area contributed by atoms with Crippen LogP contribution < -0.4 is 0 Å². The molecule has 0 aromatic rings. The molecule has 0 aromatic heterocycles. The van der Waals surface area contributed by atoms with Crippen LogP contribution in [0.4, 0.5) is 0 Å². The Kier molecular flexibility index (Phi) is 4.79. The molecule has 0 spiro atoms. The van der Waals surface area contributed by atoms with Gasteiger partial charge < -0.3 is 4.74 Å². The fourth-order valence-electron chi connectivity index (χ4n) is 2.41. The van der Waals surface area contributed by atoms with Gasteiger partial charge >= 0.3 is 0 Å². The van der Waals surface area contributed by atoms with Crippen molar-refractivity contribution >= 4 is 0 Å². The highest BCUT2D eigenvalue weighted by molar-refractivity contribution is 4.87. The van der Waals surface area contributed by atoms with Crippen molar-refractivity contribution in [3.63, 3.8) is 0 Å². The molecule has 0 N–H and O–H groups in total. The van der Waals surface area contributed by atoms with Crippen molar-refractivity contribution in [3.8, 4) is 0 Å². The van der Waals surface area contributed by atoms with E-state index in [4.69, 9.17) is 4.74 Å². The van der Waals surface area contributed by atoms with Crippen LogP contribution in [-0.2, 0) is 4.74 Å². The second-order valence-electron chi connectivity index (χ2n) is 4.24. The summed E-state index contributed by atoms with van der Waals surface area (Å²) in [5.41, 5.74) is 0. The van der Waals surface area contributed by atoms with Crippen LogP contribution in [0.15, 0.2) is 0 Å². The molecule has 0 saturated carbocycles. The highest BCUT2D eigenvalue weighted by Crippen LogP contribution is 2.37. The molecular formula is C12H24O. The monoisotopic (exact) mass is 184 g/mol. The summed E-state index contributed by atoms with van der Waals surface area (Å²) in [6.07, 6.45) is 8.95. The molecule has 0 amide bonds. The van der Waals surface area contributed by atoms with Gasteiger partial charge in [0.05, 0.1) is 12.2 Å². The molecule has 1 heterocycles. The summed E-state index contributed by atoms with van der Waals surface area (Å²) in [7, 11) is 0. The van der Waals surface area contributed by atoms with Crippen LogP contribution >= 0.6 is 0 Å². The van der Waals surface area contributed by atoms with Gasteiger partial charge in [0, 0.05) is 5.92 Å². The van der Waals surface area contributed by atoms with Gasteiger partial charge in [0.2, 0.25) is 0 Å². The lowest BCUT2D eigenvalue weighted by Crippen LogP contribution is -2.48. The average Bonchev–Trinajstić information content (AvgIpc) is 2.13. The zero-order valence-corrected chi connectivity index (χ0v) is 9.38. The Hall–Kier alpha value is -0.0400. The third kappa shape index (κ3) is 2.70. The average molecular weight is 184 g/mol. The number of ether oxygens (including phenoxy) is 1. The van der Waals surface area contributed by atoms with E-state index in [9.17, 15) is 0 Å². The topological polar surface area (TPSA) is 9.23 Å². The van der Waals surface area contributed by atoms with Crippen molar-refractivity contribution in [2.75, 3.05) is 0 Å². The standard InChI is InChI=1S/C12H24O/c1-4-7-10-11(8-5-2)13-12(10)9-6-3/h10-12H,4-9H2,1-3H3. The molecule has 78 valence electrons. The Balaban J connectivity index is 2.28. The van der Waals surface area contributed by atoms with E-state index in [1.807, 2.05) is 0 Å². The molecule has 2 atom stereocenters. The molecule has 1 heteroatoms. The Labute approximate surface area is 82.9 Å². The van der Waals surface area contributed by atoms with Crippen molar-refractivity contribution in [2.45, 2.75) is 71.5 Å². The fourth-order valence-corrected chi connectivity index (χ4v) is 2.41. The van der Waals surface area contributed by atoms with Crippen molar-refractivity contribution < 1.29 is 4.74 Å². The predicted octanol–water partition coefficient (Wildman–Crippen LogP) is 3.77. The molecular weight excluding hydrogens is 160 g/mol. The first-order valence-corrected chi connectivity index (χ1v) is 5.98. The highest BCUT2D eigenvalue weighted by Gasteiger charge is 2.39. The van der Waals surface area contributed by atoms with Crippen molar-refractivity contribution in [2.24, 2.45) is 5.92 Å². The SMILES string of the molecule is CCCC1OC(CCC)C1CCC. The van der Waals surface area contributed by atoms with E-state index in [-0.39, 0.29) is 0 Å². The first kappa shape index (κ1) is 11.0. The molecule has 1 aliphatic heterocycles. The molecule has 1 aliphatic rings. The normalized spacial score (nSPS) is 33.0. The lowest BCUT2D eigenvalue weighted by atomic mass is 9.81. The summed E-state index contributed by atoms with van der Waals surface area (Å²) in [5.74, 6) is 0.880. The van der Waals surface area contributed by atoms with Crippen LogP contribution in [-0.4, -0.2) is 12.2 Å². The minimum atomic E-state index is 0.599. The Morgan fingerprint density at radius 2 is 1.23 bits per heavy atom. The summed E-state index contributed by atoms with van der Waals surface area (Å²) in [4.78, 5) is 0. The largest absolute Gasteiger partial charge is 0.374 e. The van der Waals surface area contributed by atoms with Gasteiger partial charge in [-0.2, -0.15) is 0 Å². The van der Waals surface area contributed by atoms with E-state index < -0.39 is 0 Å². The van der Waals surface area contributed by atoms with Gasteiger partial charge in [-0.15, -0.1) is 0 Å². The molecule has 1 saturated heterocycles. The zero-order valence-electron chi connectivity index (χ0n) is 9.38. The van der Waals surface area contributed by atoms with Gasteiger partial charge in [-0.1, -0.05) is 40.0 Å². The molecule has 2 unspecified atom stereocenters. The summed E-state index contributed by atoms with van der Waals surface area (Å²) < 4.78 is 5.89. The first-order valence-electron chi connectivity index (χ1n) is 5.98. The second-order valence-corrected chi connectivity index (χ2v) is 4.24. The molecule has 1 nitrogen and oxygen atoms in total. The second kappa shape index (κ2) is 5.64. The molecule has 1 rings (SSSR count). The maximum atomic E-state index is 5.89. The van der Waals surface area contributed by atoms with Crippen molar-refractivity contribution in [1.82, 2.24) is 0 Å². The van der Waals surface area contributed by atoms with E-state index >= 15 is 0 Å². The molecule has 0 bridgehead atoms. The quantitative estimate of drug-likeness (QED) is 0.610. The van der Waals surface area contributed by atoms with E-state index in [2.05, 4.69) is 20.8 Å². The molecule has 0 radical (unpaired) electrons. The third-order valence-electron chi connectivity index (χ3n) is 3.07. The number of hydrogen-bond acceptors (Lipinski definition) is 1. The van der Waals surface area contributed by atoms with Crippen molar-refractivity contribution in [1.29, 1.82) is 0 Å². The first-order chi connectivity index (χ1) is 6.33. The van der Waals surface area contributed by atoms with Gasteiger partial charge in [-0.25, -0.2) is 0 Å². The van der Waals surface area contributed by atoms with Crippen LogP contribution in [0.25, 0.3) is 0 Å². The Morgan fingerprint density at radius 1 is 0.769 bits per heavy atom. The maximum Gasteiger partial charge on any atom is 0.0631 e. The van der Waals surface area contributed by atoms with E-state index in [1.165, 1.54) is 38.5 Å². The van der Waals surface area contributed by atoms with E-state index in [0.717, 1.165) is 5.92 Å². The van der Waals surface area contributed by atoms with Crippen LogP contribution in [0.1, 0.15) is 59.3 Å². The lowest BCUT2D eigenvalue weighted by Gasteiger charge is -2.45. The maximum absolute atomic E-state index is 5.89. The number of hydrogen-bond donors (Lipinski definition) is 0. The lowest BCUT2D eigenvalue weighted by molar-refractivity contribution is -0.191. The molecule has 1 fully saturated rings. The van der Waals surface area contributed by atoms with Gasteiger partial charge in [0.1, 0.15) is 0 Å². The minimum Gasteiger partial charge on any atom is -0.374 e. The van der Waals surface area contributed by atoms with Crippen LogP contribution in [0.2, 0.25) is 0 Å². The minimum absolute atomic E-state index is 0.599. The smallest absolute Gasteiger partial charge is 0.0631 e.